The van der Waals surface area contributed by atoms with Gasteiger partial charge in [0.05, 0.1) is 16.5 Å². The Morgan fingerprint density at radius 1 is 1.19 bits per heavy atom. The number of amides is 1. The Labute approximate surface area is 166 Å². The van der Waals surface area contributed by atoms with E-state index in [2.05, 4.69) is 10.0 Å². The van der Waals surface area contributed by atoms with Crippen molar-refractivity contribution in [2.45, 2.75) is 61.6 Å². The molecule has 1 saturated carbocycles. The molecular weight excluding hydrogens is 390 g/mol. The zero-order chi connectivity index (χ0) is 18.6. The van der Waals surface area contributed by atoms with E-state index in [0.717, 1.165) is 31.2 Å². The van der Waals surface area contributed by atoms with Crippen molar-refractivity contribution in [1.29, 1.82) is 0 Å². The van der Waals surface area contributed by atoms with E-state index in [1.54, 1.807) is 24.3 Å². The third-order valence-corrected chi connectivity index (χ3v) is 6.60. The molecule has 1 aliphatic carbocycles. The van der Waals surface area contributed by atoms with E-state index in [0.29, 0.717) is 32.5 Å². The predicted molar refractivity (Wildman–Crippen MR) is 105 cm³/mol. The molecule has 1 aliphatic heterocycles. The van der Waals surface area contributed by atoms with Crippen LogP contribution in [0.2, 0.25) is 0 Å². The average Bonchev–Trinajstić information content (AvgIpc) is 3.31. The highest BCUT2D eigenvalue weighted by atomic mass is 35.5. The number of nitrogens with two attached hydrogens (primary N) is 1. The van der Waals surface area contributed by atoms with Crippen molar-refractivity contribution in [3.8, 4) is 0 Å². The van der Waals surface area contributed by atoms with Crippen molar-refractivity contribution in [2.75, 3.05) is 13.2 Å². The van der Waals surface area contributed by atoms with Crippen LogP contribution >= 0.6 is 12.4 Å². The van der Waals surface area contributed by atoms with Crippen LogP contribution in [-0.4, -0.2) is 39.1 Å². The summed E-state index contributed by atoms with van der Waals surface area (Å²) in [7, 11) is -3.56. The monoisotopic (exact) mass is 417 g/mol. The van der Waals surface area contributed by atoms with Gasteiger partial charge >= 0.3 is 0 Å². The lowest BCUT2D eigenvalue weighted by atomic mass is 9.98. The Balaban J connectivity index is 0.00000261. The van der Waals surface area contributed by atoms with Gasteiger partial charge in [0.2, 0.25) is 15.9 Å². The van der Waals surface area contributed by atoms with Crippen LogP contribution in [0.1, 0.15) is 44.1 Å². The highest BCUT2D eigenvalue weighted by Gasteiger charge is 2.36. The van der Waals surface area contributed by atoms with Crippen LogP contribution in [0.25, 0.3) is 0 Å². The van der Waals surface area contributed by atoms with Gasteiger partial charge in [-0.05, 0) is 43.4 Å². The minimum absolute atomic E-state index is 0. The second kappa shape index (κ2) is 9.34. The van der Waals surface area contributed by atoms with E-state index in [1.807, 2.05) is 0 Å². The maximum Gasteiger partial charge on any atom is 0.240 e. The van der Waals surface area contributed by atoms with Gasteiger partial charge < -0.3 is 15.8 Å². The van der Waals surface area contributed by atoms with Crippen molar-refractivity contribution in [3.63, 3.8) is 0 Å². The minimum Gasteiger partial charge on any atom is -0.377 e. The quantitative estimate of drug-likeness (QED) is 0.621. The van der Waals surface area contributed by atoms with Crippen LogP contribution in [-0.2, 0) is 26.1 Å². The van der Waals surface area contributed by atoms with Crippen molar-refractivity contribution >= 4 is 28.3 Å². The van der Waals surface area contributed by atoms with Gasteiger partial charge in [0.25, 0.3) is 0 Å². The molecule has 152 valence electrons. The molecule has 0 radical (unpaired) electrons. The number of carbonyl (C=O) groups excluding carboxylic acids is 1. The number of sulfonamides is 1. The molecule has 7 nitrogen and oxygen atoms in total. The van der Waals surface area contributed by atoms with Crippen molar-refractivity contribution < 1.29 is 17.9 Å². The molecule has 1 aromatic carbocycles. The summed E-state index contributed by atoms with van der Waals surface area (Å²) in [6.07, 6.45) is 5.20. The number of rotatable bonds is 7. The Morgan fingerprint density at radius 3 is 2.44 bits per heavy atom. The molecule has 1 aromatic rings. The van der Waals surface area contributed by atoms with Crippen LogP contribution in [0, 0.1) is 0 Å². The van der Waals surface area contributed by atoms with E-state index in [4.69, 9.17) is 10.5 Å². The molecule has 27 heavy (non-hydrogen) atoms. The highest BCUT2D eigenvalue weighted by Crippen LogP contribution is 2.27. The number of halogens is 1. The van der Waals surface area contributed by atoms with Crippen LogP contribution in [0.5, 0.6) is 0 Å². The van der Waals surface area contributed by atoms with E-state index in [1.165, 1.54) is 0 Å². The van der Waals surface area contributed by atoms with Gasteiger partial charge in [0.15, 0.2) is 0 Å². The summed E-state index contributed by atoms with van der Waals surface area (Å²) in [5, 5.41) is 2.86. The van der Waals surface area contributed by atoms with Gasteiger partial charge in [-0.15, -0.1) is 12.4 Å². The number of carbonyl (C=O) groups is 1. The summed E-state index contributed by atoms with van der Waals surface area (Å²) in [6.45, 7) is 1.32. The zero-order valence-corrected chi connectivity index (χ0v) is 16.9. The minimum atomic E-state index is -3.56. The highest BCUT2D eigenvalue weighted by molar-refractivity contribution is 7.89. The summed E-state index contributed by atoms with van der Waals surface area (Å²) >= 11 is 0. The van der Waals surface area contributed by atoms with Gasteiger partial charge in [0.1, 0.15) is 0 Å². The summed E-state index contributed by atoms with van der Waals surface area (Å²) in [5.74, 6) is -0.134. The van der Waals surface area contributed by atoms with Gasteiger partial charge in [-0.3, -0.25) is 4.79 Å². The number of hydrogen-bond acceptors (Lipinski definition) is 5. The predicted octanol–water partition coefficient (Wildman–Crippen LogP) is 1.45. The van der Waals surface area contributed by atoms with Crippen molar-refractivity contribution in [3.05, 3.63) is 29.8 Å². The van der Waals surface area contributed by atoms with Crippen LogP contribution in [0.3, 0.4) is 0 Å². The molecule has 0 aromatic heterocycles. The van der Waals surface area contributed by atoms with E-state index < -0.39 is 15.6 Å². The van der Waals surface area contributed by atoms with Gasteiger partial charge in [-0.2, -0.15) is 0 Å². The Bertz CT molecular complexity index is 727. The topological polar surface area (TPSA) is 111 Å². The first kappa shape index (κ1) is 22.1. The third kappa shape index (κ3) is 5.65. The average molecular weight is 418 g/mol. The number of benzene rings is 1. The number of ether oxygens (including phenoxy) is 1. The molecule has 1 amide bonds. The fourth-order valence-electron chi connectivity index (χ4n) is 3.47. The smallest absolute Gasteiger partial charge is 0.240 e. The molecule has 1 saturated heterocycles. The fraction of sp³-hybridized carbons (Fsp3) is 0.611. The third-order valence-electron chi connectivity index (χ3n) is 5.16. The molecule has 2 aliphatic rings. The number of hydrogen-bond donors (Lipinski definition) is 3. The van der Waals surface area contributed by atoms with Crippen LogP contribution in [0.15, 0.2) is 29.2 Å². The van der Waals surface area contributed by atoms with Gasteiger partial charge in [0, 0.05) is 19.7 Å². The van der Waals surface area contributed by atoms with Crippen molar-refractivity contribution in [2.24, 2.45) is 5.73 Å². The van der Waals surface area contributed by atoms with Crippen LogP contribution in [0.4, 0.5) is 0 Å². The second-order valence-electron chi connectivity index (χ2n) is 7.18. The normalized spacial score (nSPS) is 21.6. The Morgan fingerprint density at radius 2 is 1.85 bits per heavy atom. The lowest BCUT2D eigenvalue weighted by Gasteiger charge is -2.22. The maximum absolute atomic E-state index is 12.3. The van der Waals surface area contributed by atoms with Gasteiger partial charge in [-0.1, -0.05) is 25.0 Å². The summed E-state index contributed by atoms with van der Waals surface area (Å²) in [5.41, 5.74) is 6.20. The molecule has 4 N–H and O–H groups in total. The fourth-order valence-corrected chi connectivity index (χ4v) is 4.54. The van der Waals surface area contributed by atoms with E-state index in [-0.39, 0.29) is 29.3 Å². The van der Waals surface area contributed by atoms with Crippen molar-refractivity contribution in [1.82, 2.24) is 10.0 Å². The summed E-state index contributed by atoms with van der Waals surface area (Å²) in [4.78, 5) is 12.4. The molecule has 1 unspecified atom stereocenters. The molecule has 0 spiro atoms. The van der Waals surface area contributed by atoms with Gasteiger partial charge in [-0.25, -0.2) is 13.1 Å². The van der Waals surface area contributed by atoms with E-state index >= 15 is 0 Å². The molecule has 1 atom stereocenters. The summed E-state index contributed by atoms with van der Waals surface area (Å²) in [6, 6.07) is 6.51. The number of nitrogens with one attached hydrogen (secondary N) is 2. The Hall–Kier alpha value is -1.19. The zero-order valence-electron chi connectivity index (χ0n) is 15.3. The summed E-state index contributed by atoms with van der Waals surface area (Å²) < 4.78 is 32.7. The molecule has 0 bridgehead atoms. The van der Waals surface area contributed by atoms with E-state index in [9.17, 15) is 13.2 Å². The molecule has 1 heterocycles. The molecule has 3 rings (SSSR count). The first-order valence-corrected chi connectivity index (χ1v) is 10.6. The van der Waals surface area contributed by atoms with Crippen LogP contribution < -0.4 is 15.8 Å². The standard InChI is InChI=1S/C18H27N3O4S.ClH/c19-18(9-1-2-10-18)17(22)20-12-14-5-7-16(8-6-14)26(23,24)21-13-15-4-3-11-25-15;/h5-8,15,21H,1-4,9-13,19H2,(H,20,22);1H. The molecule has 2 fully saturated rings. The SMILES string of the molecule is Cl.NC1(C(=O)NCc2ccc(S(=O)(=O)NCC3CCCO3)cc2)CCCC1. The molecular formula is C18H28ClN3O4S. The maximum atomic E-state index is 12.3. The molecule has 9 heteroatoms. The second-order valence-corrected chi connectivity index (χ2v) is 8.94. The first-order valence-electron chi connectivity index (χ1n) is 9.16. The Kier molecular flexibility index (Phi) is 7.64. The lowest BCUT2D eigenvalue weighted by molar-refractivity contribution is -0.126. The largest absolute Gasteiger partial charge is 0.377 e. The first-order chi connectivity index (χ1) is 12.4. The lowest BCUT2D eigenvalue weighted by Crippen LogP contribution is -2.51.